The Hall–Kier alpha value is -1.15. The van der Waals surface area contributed by atoms with Gasteiger partial charge >= 0.3 is 0 Å². The summed E-state index contributed by atoms with van der Waals surface area (Å²) in [6.07, 6.45) is 1.10. The lowest BCUT2D eigenvalue weighted by atomic mass is 10.00. The van der Waals surface area contributed by atoms with E-state index in [1.165, 1.54) is 21.4 Å². The molecule has 0 N–H and O–H groups in total. The average Bonchev–Trinajstić information content (AvgIpc) is 2.74. The topological polar surface area (TPSA) is 12.9 Å². The minimum atomic E-state index is 1.10. The SMILES string of the molecule is CC/C(C)=C(/C)c1cccc2scnc12. The molecule has 2 heteroatoms. The second-order valence-electron chi connectivity index (χ2n) is 3.76. The molecule has 1 heterocycles. The van der Waals surface area contributed by atoms with E-state index in [4.69, 9.17) is 0 Å². The van der Waals surface area contributed by atoms with E-state index in [9.17, 15) is 0 Å². The average molecular weight is 217 g/mol. The molecule has 0 saturated heterocycles. The summed E-state index contributed by atoms with van der Waals surface area (Å²) in [6.45, 7) is 6.58. The fourth-order valence-electron chi connectivity index (χ4n) is 1.68. The van der Waals surface area contributed by atoms with E-state index in [-0.39, 0.29) is 0 Å². The van der Waals surface area contributed by atoms with Crippen molar-refractivity contribution in [2.24, 2.45) is 0 Å². The van der Waals surface area contributed by atoms with E-state index < -0.39 is 0 Å². The maximum Gasteiger partial charge on any atom is 0.0886 e. The van der Waals surface area contributed by atoms with E-state index in [0.717, 1.165) is 11.9 Å². The van der Waals surface area contributed by atoms with Crippen LogP contribution < -0.4 is 0 Å². The van der Waals surface area contributed by atoms with Crippen molar-refractivity contribution in [1.29, 1.82) is 0 Å². The number of fused-ring (bicyclic) bond motifs is 1. The highest BCUT2D eigenvalue weighted by Gasteiger charge is 2.06. The number of rotatable bonds is 2. The van der Waals surface area contributed by atoms with Crippen LogP contribution in [0.25, 0.3) is 15.8 Å². The zero-order chi connectivity index (χ0) is 10.8. The quantitative estimate of drug-likeness (QED) is 0.721. The normalized spacial score (nSPS) is 13.0. The molecule has 2 rings (SSSR count). The fraction of sp³-hybridized carbons (Fsp3) is 0.308. The van der Waals surface area contributed by atoms with Crippen LogP contribution in [0.4, 0.5) is 0 Å². The minimum absolute atomic E-state index is 1.10. The lowest BCUT2D eigenvalue weighted by Gasteiger charge is -2.06. The molecule has 1 nitrogen and oxygen atoms in total. The summed E-state index contributed by atoms with van der Waals surface area (Å²) >= 11 is 1.70. The van der Waals surface area contributed by atoms with Gasteiger partial charge in [0, 0.05) is 5.56 Å². The number of nitrogens with zero attached hydrogens (tertiary/aromatic N) is 1. The monoisotopic (exact) mass is 217 g/mol. The number of para-hydroxylation sites is 1. The second-order valence-corrected chi connectivity index (χ2v) is 4.65. The summed E-state index contributed by atoms with van der Waals surface area (Å²) < 4.78 is 1.27. The van der Waals surface area contributed by atoms with Crippen molar-refractivity contribution >= 4 is 27.1 Å². The molecule has 0 radical (unpaired) electrons. The standard InChI is InChI=1S/C13H15NS/c1-4-9(2)10(3)11-6-5-7-12-13(11)14-8-15-12/h5-8H,4H2,1-3H3/b10-9-. The van der Waals surface area contributed by atoms with Gasteiger partial charge in [-0.2, -0.15) is 0 Å². The molecule has 0 fully saturated rings. The van der Waals surface area contributed by atoms with Gasteiger partial charge in [-0.05, 0) is 31.9 Å². The Kier molecular flexibility index (Phi) is 2.87. The van der Waals surface area contributed by atoms with E-state index in [1.54, 1.807) is 11.3 Å². The first kappa shape index (κ1) is 10.4. The van der Waals surface area contributed by atoms with Gasteiger partial charge in [0.15, 0.2) is 0 Å². The molecular formula is C13H15NS. The summed E-state index contributed by atoms with van der Waals surface area (Å²) in [5.74, 6) is 0. The Morgan fingerprint density at radius 1 is 1.33 bits per heavy atom. The molecule has 0 spiro atoms. The first-order valence-electron chi connectivity index (χ1n) is 5.23. The van der Waals surface area contributed by atoms with E-state index >= 15 is 0 Å². The number of thiazole rings is 1. The van der Waals surface area contributed by atoms with Gasteiger partial charge in [-0.25, -0.2) is 4.98 Å². The van der Waals surface area contributed by atoms with E-state index in [0.29, 0.717) is 0 Å². The molecule has 0 aliphatic carbocycles. The van der Waals surface area contributed by atoms with Crippen molar-refractivity contribution in [1.82, 2.24) is 4.98 Å². The van der Waals surface area contributed by atoms with Crippen molar-refractivity contribution in [3.8, 4) is 0 Å². The molecule has 0 atom stereocenters. The van der Waals surface area contributed by atoms with Crippen molar-refractivity contribution < 1.29 is 0 Å². The Morgan fingerprint density at radius 3 is 2.87 bits per heavy atom. The molecule has 78 valence electrons. The van der Waals surface area contributed by atoms with Crippen LogP contribution in [0.3, 0.4) is 0 Å². The summed E-state index contributed by atoms with van der Waals surface area (Å²) in [5, 5.41) is 0. The first-order valence-corrected chi connectivity index (χ1v) is 6.11. The molecular weight excluding hydrogens is 202 g/mol. The van der Waals surface area contributed by atoms with Gasteiger partial charge in [0.25, 0.3) is 0 Å². The van der Waals surface area contributed by atoms with Crippen LogP contribution >= 0.6 is 11.3 Å². The van der Waals surface area contributed by atoms with Crippen LogP contribution in [0.5, 0.6) is 0 Å². The third-order valence-electron chi connectivity index (χ3n) is 2.93. The van der Waals surface area contributed by atoms with Crippen molar-refractivity contribution in [3.63, 3.8) is 0 Å². The third-order valence-corrected chi connectivity index (χ3v) is 3.73. The van der Waals surface area contributed by atoms with Crippen molar-refractivity contribution in [3.05, 3.63) is 34.8 Å². The van der Waals surface area contributed by atoms with Gasteiger partial charge in [-0.15, -0.1) is 11.3 Å². The zero-order valence-electron chi connectivity index (χ0n) is 9.37. The Balaban J connectivity index is 2.66. The van der Waals surface area contributed by atoms with Gasteiger partial charge in [0.1, 0.15) is 0 Å². The number of allylic oxidation sites excluding steroid dienone is 2. The molecule has 1 aromatic carbocycles. The number of aromatic nitrogens is 1. The fourth-order valence-corrected chi connectivity index (χ4v) is 2.39. The summed E-state index contributed by atoms with van der Waals surface area (Å²) in [5.41, 5.74) is 7.16. The van der Waals surface area contributed by atoms with Crippen molar-refractivity contribution in [2.75, 3.05) is 0 Å². The van der Waals surface area contributed by atoms with Crippen LogP contribution in [0.1, 0.15) is 32.8 Å². The summed E-state index contributed by atoms with van der Waals surface area (Å²) in [7, 11) is 0. The molecule has 15 heavy (non-hydrogen) atoms. The predicted molar refractivity (Wildman–Crippen MR) is 68.2 cm³/mol. The van der Waals surface area contributed by atoms with E-state index in [1.807, 2.05) is 5.51 Å². The van der Waals surface area contributed by atoms with Crippen LogP contribution in [0.15, 0.2) is 29.3 Å². The van der Waals surface area contributed by atoms with Gasteiger partial charge in [-0.1, -0.05) is 24.6 Å². The Bertz CT molecular complexity index is 508. The van der Waals surface area contributed by atoms with Crippen LogP contribution in [-0.2, 0) is 0 Å². The second kappa shape index (κ2) is 4.15. The third kappa shape index (κ3) is 1.82. The Labute approximate surface area is 94.5 Å². The molecule has 2 aromatic rings. The molecule has 0 aliphatic heterocycles. The van der Waals surface area contributed by atoms with Crippen LogP contribution in [0.2, 0.25) is 0 Å². The summed E-state index contributed by atoms with van der Waals surface area (Å²) in [4.78, 5) is 4.44. The van der Waals surface area contributed by atoms with Gasteiger partial charge in [0.05, 0.1) is 15.7 Å². The highest BCUT2D eigenvalue weighted by atomic mass is 32.1. The summed E-state index contributed by atoms with van der Waals surface area (Å²) in [6, 6.07) is 6.41. The molecule has 0 aliphatic rings. The molecule has 0 bridgehead atoms. The Morgan fingerprint density at radius 2 is 2.13 bits per heavy atom. The number of hydrogen-bond acceptors (Lipinski definition) is 2. The highest BCUT2D eigenvalue weighted by molar-refractivity contribution is 7.16. The zero-order valence-corrected chi connectivity index (χ0v) is 10.2. The molecule has 0 unspecified atom stereocenters. The van der Waals surface area contributed by atoms with E-state index in [2.05, 4.69) is 44.0 Å². The van der Waals surface area contributed by atoms with Gasteiger partial charge in [-0.3, -0.25) is 0 Å². The molecule has 0 saturated carbocycles. The van der Waals surface area contributed by atoms with Gasteiger partial charge < -0.3 is 0 Å². The first-order chi connectivity index (χ1) is 7.24. The largest absolute Gasteiger partial charge is 0.244 e. The highest BCUT2D eigenvalue weighted by Crippen LogP contribution is 2.28. The predicted octanol–water partition coefficient (Wildman–Crippen LogP) is 4.50. The maximum absolute atomic E-state index is 4.44. The number of benzene rings is 1. The lowest BCUT2D eigenvalue weighted by molar-refractivity contribution is 1.10. The van der Waals surface area contributed by atoms with Crippen LogP contribution in [-0.4, -0.2) is 4.98 Å². The lowest BCUT2D eigenvalue weighted by Crippen LogP contribution is -1.86. The molecule has 1 aromatic heterocycles. The van der Waals surface area contributed by atoms with Crippen molar-refractivity contribution in [2.45, 2.75) is 27.2 Å². The smallest absolute Gasteiger partial charge is 0.0886 e. The minimum Gasteiger partial charge on any atom is -0.244 e. The number of hydrogen-bond donors (Lipinski definition) is 0. The maximum atomic E-state index is 4.44. The molecule has 0 amide bonds. The van der Waals surface area contributed by atoms with Crippen LogP contribution in [0, 0.1) is 0 Å². The van der Waals surface area contributed by atoms with Gasteiger partial charge in [0.2, 0.25) is 0 Å².